The van der Waals surface area contributed by atoms with Gasteiger partial charge in [-0.2, -0.15) is 0 Å². The predicted molar refractivity (Wildman–Crippen MR) is 90.1 cm³/mol. The van der Waals surface area contributed by atoms with Crippen LogP contribution in [0, 0.1) is 11.8 Å². The van der Waals surface area contributed by atoms with Crippen LogP contribution in [0.5, 0.6) is 0 Å². The van der Waals surface area contributed by atoms with Gasteiger partial charge >= 0.3 is 7.12 Å². The lowest BCUT2D eigenvalue weighted by Gasteiger charge is -2.41. The Kier molecular flexibility index (Phi) is 8.25. The van der Waals surface area contributed by atoms with Crippen LogP contribution in [-0.4, -0.2) is 47.2 Å². The molecule has 0 radical (unpaired) electrons. The van der Waals surface area contributed by atoms with Crippen LogP contribution in [-0.2, 0) is 0 Å². The minimum Gasteiger partial charge on any atom is -0.427 e. The van der Waals surface area contributed by atoms with Crippen LogP contribution in [0.1, 0.15) is 59.3 Å². The first-order valence-corrected chi connectivity index (χ1v) is 8.68. The Morgan fingerprint density at radius 2 is 1.86 bits per heavy atom. The highest BCUT2D eigenvalue weighted by Gasteiger charge is 2.32. The van der Waals surface area contributed by atoms with Crippen molar-refractivity contribution in [2.75, 3.05) is 19.6 Å². The molecule has 0 aromatic heterocycles. The van der Waals surface area contributed by atoms with E-state index in [1.807, 2.05) is 0 Å². The Labute approximate surface area is 131 Å². The Morgan fingerprint density at radius 3 is 2.38 bits per heavy atom. The third kappa shape index (κ3) is 7.64. The molecule has 21 heavy (non-hydrogen) atoms. The quantitative estimate of drug-likeness (QED) is 0.450. The highest BCUT2D eigenvalue weighted by atomic mass is 16.4. The molecular formula is C16H35BN2O2. The highest BCUT2D eigenvalue weighted by molar-refractivity contribution is 6.40. The van der Waals surface area contributed by atoms with E-state index in [1.165, 1.54) is 38.9 Å². The van der Waals surface area contributed by atoms with Crippen molar-refractivity contribution in [1.29, 1.82) is 0 Å². The van der Waals surface area contributed by atoms with Crippen molar-refractivity contribution in [3.63, 3.8) is 0 Å². The van der Waals surface area contributed by atoms with Gasteiger partial charge in [0.15, 0.2) is 0 Å². The first-order valence-electron chi connectivity index (χ1n) is 8.68. The van der Waals surface area contributed by atoms with Gasteiger partial charge in [0.2, 0.25) is 0 Å². The van der Waals surface area contributed by atoms with Gasteiger partial charge in [-0.25, -0.2) is 0 Å². The molecule has 0 aromatic carbocycles. The molecule has 0 aliphatic carbocycles. The summed E-state index contributed by atoms with van der Waals surface area (Å²) in [6.07, 6.45) is 6.96. The molecule has 5 heteroatoms. The topological polar surface area (TPSA) is 69.7 Å². The number of nitrogens with zero attached hydrogens (tertiary/aromatic N) is 1. The van der Waals surface area contributed by atoms with E-state index in [2.05, 4.69) is 25.7 Å². The zero-order valence-corrected chi connectivity index (χ0v) is 14.2. The van der Waals surface area contributed by atoms with E-state index in [4.69, 9.17) is 15.8 Å². The monoisotopic (exact) mass is 298 g/mol. The molecule has 4 N–H and O–H groups in total. The van der Waals surface area contributed by atoms with Crippen LogP contribution in [0.4, 0.5) is 0 Å². The Morgan fingerprint density at radius 1 is 1.24 bits per heavy atom. The summed E-state index contributed by atoms with van der Waals surface area (Å²) in [4.78, 5) is 2.58. The molecule has 1 aliphatic heterocycles. The highest BCUT2D eigenvalue weighted by Crippen LogP contribution is 2.30. The molecular weight excluding hydrogens is 263 g/mol. The second-order valence-electron chi connectivity index (χ2n) is 7.53. The van der Waals surface area contributed by atoms with Crippen molar-refractivity contribution in [3.05, 3.63) is 0 Å². The SMILES string of the molecule is CC(C)CCN1CCC(C(C)(N)CCCCB(O)O)CC1. The number of nitrogens with two attached hydrogens (primary N) is 1. The second kappa shape index (κ2) is 9.14. The van der Waals surface area contributed by atoms with Gasteiger partial charge in [0.25, 0.3) is 0 Å². The standard InChI is InChI=1S/C16H35BN2O2/c1-14(2)6-11-19-12-7-15(8-13-19)16(3,18)9-4-5-10-17(20)21/h14-15,20-21H,4-13,18H2,1-3H3. The third-order valence-electron chi connectivity index (χ3n) is 4.97. The molecule has 0 amide bonds. The number of unbranched alkanes of at least 4 members (excludes halogenated alkanes) is 1. The lowest BCUT2D eigenvalue weighted by atomic mass is 9.75. The van der Waals surface area contributed by atoms with Crippen LogP contribution in [0.3, 0.4) is 0 Å². The summed E-state index contributed by atoms with van der Waals surface area (Å²) in [6.45, 7) is 10.3. The Balaban J connectivity index is 2.24. The van der Waals surface area contributed by atoms with E-state index in [0.717, 1.165) is 25.2 Å². The fraction of sp³-hybridized carbons (Fsp3) is 1.00. The summed E-state index contributed by atoms with van der Waals surface area (Å²) >= 11 is 0. The van der Waals surface area contributed by atoms with Gasteiger partial charge in [0.1, 0.15) is 0 Å². The van der Waals surface area contributed by atoms with Crippen molar-refractivity contribution in [2.24, 2.45) is 17.6 Å². The second-order valence-corrected chi connectivity index (χ2v) is 7.53. The number of hydrogen-bond acceptors (Lipinski definition) is 4. The van der Waals surface area contributed by atoms with E-state index < -0.39 is 7.12 Å². The summed E-state index contributed by atoms with van der Waals surface area (Å²) in [5.74, 6) is 1.39. The molecule has 4 nitrogen and oxygen atoms in total. The van der Waals surface area contributed by atoms with E-state index in [1.54, 1.807) is 0 Å². The van der Waals surface area contributed by atoms with E-state index >= 15 is 0 Å². The maximum atomic E-state index is 8.87. The number of hydrogen-bond donors (Lipinski definition) is 3. The zero-order valence-electron chi connectivity index (χ0n) is 14.2. The van der Waals surface area contributed by atoms with Gasteiger partial charge < -0.3 is 20.7 Å². The molecule has 0 saturated carbocycles. The van der Waals surface area contributed by atoms with E-state index in [9.17, 15) is 0 Å². The molecule has 124 valence electrons. The van der Waals surface area contributed by atoms with Crippen molar-refractivity contribution in [3.8, 4) is 0 Å². The van der Waals surface area contributed by atoms with E-state index in [0.29, 0.717) is 12.2 Å². The molecule has 1 heterocycles. The molecule has 1 unspecified atom stereocenters. The molecule has 0 aromatic rings. The van der Waals surface area contributed by atoms with Gasteiger partial charge in [0.05, 0.1) is 0 Å². The minimum atomic E-state index is -1.17. The van der Waals surface area contributed by atoms with Crippen LogP contribution < -0.4 is 5.73 Å². The first-order chi connectivity index (χ1) is 9.81. The first kappa shape index (κ1) is 19.0. The summed E-state index contributed by atoms with van der Waals surface area (Å²) in [6, 6.07) is 0. The molecule has 1 aliphatic rings. The molecule has 0 spiro atoms. The Bertz CT molecular complexity index is 277. The summed E-state index contributed by atoms with van der Waals surface area (Å²) in [5.41, 5.74) is 6.43. The molecule has 0 bridgehead atoms. The van der Waals surface area contributed by atoms with E-state index in [-0.39, 0.29) is 5.54 Å². The lowest BCUT2D eigenvalue weighted by molar-refractivity contribution is 0.126. The van der Waals surface area contributed by atoms with Gasteiger partial charge in [0, 0.05) is 5.54 Å². The zero-order chi connectivity index (χ0) is 15.9. The number of rotatable bonds is 9. The molecule has 1 atom stereocenters. The summed E-state index contributed by atoms with van der Waals surface area (Å²) in [5, 5.41) is 17.7. The van der Waals surface area contributed by atoms with Crippen molar-refractivity contribution < 1.29 is 10.0 Å². The number of likely N-dealkylation sites (tertiary alicyclic amines) is 1. The smallest absolute Gasteiger partial charge is 0.427 e. The van der Waals surface area contributed by atoms with Gasteiger partial charge in [-0.3, -0.25) is 0 Å². The summed E-state index contributed by atoms with van der Waals surface area (Å²) < 4.78 is 0. The minimum absolute atomic E-state index is 0.107. The fourth-order valence-electron chi connectivity index (χ4n) is 3.29. The number of piperidine rings is 1. The molecule has 1 saturated heterocycles. The van der Waals surface area contributed by atoms with Gasteiger partial charge in [-0.1, -0.05) is 26.7 Å². The third-order valence-corrected chi connectivity index (χ3v) is 4.97. The average molecular weight is 298 g/mol. The predicted octanol–water partition coefficient (Wildman–Crippen LogP) is 2.10. The van der Waals surface area contributed by atoms with Crippen LogP contribution in [0.25, 0.3) is 0 Å². The maximum Gasteiger partial charge on any atom is 0.451 e. The van der Waals surface area contributed by atoms with Gasteiger partial charge in [-0.15, -0.1) is 0 Å². The van der Waals surface area contributed by atoms with Crippen LogP contribution >= 0.6 is 0 Å². The van der Waals surface area contributed by atoms with Gasteiger partial charge in [-0.05, 0) is 70.4 Å². The average Bonchev–Trinajstić information content (AvgIpc) is 2.41. The normalized spacial score (nSPS) is 20.7. The largest absolute Gasteiger partial charge is 0.451 e. The lowest BCUT2D eigenvalue weighted by Crippen LogP contribution is -2.49. The molecule has 1 fully saturated rings. The fourth-order valence-corrected chi connectivity index (χ4v) is 3.29. The summed E-state index contributed by atoms with van der Waals surface area (Å²) in [7, 11) is -1.17. The van der Waals surface area contributed by atoms with Crippen molar-refractivity contribution in [1.82, 2.24) is 4.90 Å². The van der Waals surface area contributed by atoms with Crippen molar-refractivity contribution in [2.45, 2.75) is 71.2 Å². The van der Waals surface area contributed by atoms with Crippen LogP contribution in [0.15, 0.2) is 0 Å². The Hall–Kier alpha value is -0.0951. The van der Waals surface area contributed by atoms with Crippen molar-refractivity contribution >= 4 is 7.12 Å². The maximum absolute atomic E-state index is 8.87. The van der Waals surface area contributed by atoms with Crippen LogP contribution in [0.2, 0.25) is 6.32 Å². The molecule has 1 rings (SSSR count).